The van der Waals surface area contributed by atoms with E-state index in [4.69, 9.17) is 0 Å². The number of hydrogen-bond acceptors (Lipinski definition) is 3. The van der Waals surface area contributed by atoms with E-state index in [-0.39, 0.29) is 11.7 Å². The fourth-order valence-corrected chi connectivity index (χ4v) is 3.30. The van der Waals surface area contributed by atoms with Crippen LogP contribution in [0.25, 0.3) is 0 Å². The zero-order chi connectivity index (χ0) is 17.1. The van der Waals surface area contributed by atoms with E-state index in [1.807, 2.05) is 26.0 Å². The van der Waals surface area contributed by atoms with Crippen molar-refractivity contribution in [3.05, 3.63) is 81.6 Å². The molecule has 2 aromatic carbocycles. The van der Waals surface area contributed by atoms with Gasteiger partial charge in [-0.1, -0.05) is 29.8 Å². The maximum absolute atomic E-state index is 13.0. The third kappa shape index (κ3) is 3.86. The van der Waals surface area contributed by atoms with Crippen LogP contribution in [-0.4, -0.2) is 10.9 Å². The molecule has 0 spiro atoms. The highest BCUT2D eigenvalue weighted by Crippen LogP contribution is 2.25. The zero-order valence-electron chi connectivity index (χ0n) is 13.5. The van der Waals surface area contributed by atoms with Gasteiger partial charge < -0.3 is 0 Å². The number of nitrogens with one attached hydrogen (secondary N) is 1. The van der Waals surface area contributed by atoms with E-state index in [0.717, 1.165) is 21.7 Å². The minimum absolute atomic E-state index is 0.169. The van der Waals surface area contributed by atoms with Crippen molar-refractivity contribution in [2.75, 3.05) is 5.32 Å². The second kappa shape index (κ2) is 6.93. The Morgan fingerprint density at radius 2 is 1.75 bits per heavy atom. The Kier molecular flexibility index (Phi) is 4.71. The average Bonchev–Trinajstić information content (AvgIpc) is 2.89. The molecule has 0 aliphatic rings. The summed E-state index contributed by atoms with van der Waals surface area (Å²) < 4.78 is 13.0. The zero-order valence-corrected chi connectivity index (χ0v) is 14.3. The normalized spacial score (nSPS) is 10.6. The summed E-state index contributed by atoms with van der Waals surface area (Å²) >= 11 is 1.45. The number of nitrogens with zero attached hydrogens (tertiary/aromatic N) is 1. The van der Waals surface area contributed by atoms with Gasteiger partial charge in [0.15, 0.2) is 5.13 Å². The van der Waals surface area contributed by atoms with Crippen LogP contribution in [-0.2, 0) is 6.42 Å². The highest BCUT2D eigenvalue weighted by Gasteiger charge is 2.12. The van der Waals surface area contributed by atoms with Crippen LogP contribution < -0.4 is 5.32 Å². The first kappa shape index (κ1) is 16.3. The quantitative estimate of drug-likeness (QED) is 0.745. The van der Waals surface area contributed by atoms with Crippen LogP contribution in [0.15, 0.2) is 48.5 Å². The summed E-state index contributed by atoms with van der Waals surface area (Å²) in [4.78, 5) is 17.7. The Balaban J connectivity index is 1.72. The SMILES string of the molecule is Cc1ccc(C(=O)Nc2nc(C)c(Cc3ccc(F)cc3)s2)cc1. The van der Waals surface area contributed by atoms with Gasteiger partial charge >= 0.3 is 0 Å². The largest absolute Gasteiger partial charge is 0.298 e. The fraction of sp³-hybridized carbons (Fsp3) is 0.158. The van der Waals surface area contributed by atoms with Gasteiger partial charge in [-0.25, -0.2) is 9.37 Å². The molecule has 0 unspecified atom stereocenters. The number of amides is 1. The third-order valence-corrected chi connectivity index (χ3v) is 4.78. The Morgan fingerprint density at radius 3 is 2.42 bits per heavy atom. The van der Waals surface area contributed by atoms with Gasteiger partial charge in [-0.2, -0.15) is 0 Å². The lowest BCUT2D eigenvalue weighted by atomic mass is 10.1. The molecule has 0 bridgehead atoms. The number of anilines is 1. The minimum atomic E-state index is -0.245. The van der Waals surface area contributed by atoms with E-state index < -0.39 is 0 Å². The molecule has 0 aliphatic heterocycles. The fourth-order valence-electron chi connectivity index (χ4n) is 2.31. The predicted octanol–water partition coefficient (Wildman–Crippen LogP) is 4.74. The number of halogens is 1. The van der Waals surface area contributed by atoms with Crippen LogP contribution in [0.2, 0.25) is 0 Å². The highest BCUT2D eigenvalue weighted by molar-refractivity contribution is 7.15. The first-order valence-electron chi connectivity index (χ1n) is 7.60. The number of benzene rings is 2. The van der Waals surface area contributed by atoms with E-state index in [9.17, 15) is 9.18 Å². The molecule has 3 nitrogen and oxygen atoms in total. The molecule has 0 saturated heterocycles. The maximum atomic E-state index is 13.0. The standard InChI is InChI=1S/C19H17FN2OS/c1-12-3-7-15(8-4-12)18(23)22-19-21-13(2)17(24-19)11-14-5-9-16(20)10-6-14/h3-10H,11H2,1-2H3,(H,21,22,23). The lowest BCUT2D eigenvalue weighted by Crippen LogP contribution is -2.11. The molecule has 1 heterocycles. The van der Waals surface area contributed by atoms with Crippen molar-refractivity contribution in [1.29, 1.82) is 0 Å². The van der Waals surface area contributed by atoms with Crippen molar-refractivity contribution >= 4 is 22.4 Å². The van der Waals surface area contributed by atoms with Gasteiger partial charge in [-0.3, -0.25) is 10.1 Å². The molecule has 0 aliphatic carbocycles. The van der Waals surface area contributed by atoms with Crippen molar-refractivity contribution in [3.63, 3.8) is 0 Å². The average molecular weight is 340 g/mol. The molecule has 5 heteroatoms. The smallest absolute Gasteiger partial charge is 0.257 e. The van der Waals surface area contributed by atoms with Crippen molar-refractivity contribution in [2.24, 2.45) is 0 Å². The van der Waals surface area contributed by atoms with Crippen LogP contribution in [0.4, 0.5) is 9.52 Å². The Hall–Kier alpha value is -2.53. The summed E-state index contributed by atoms with van der Waals surface area (Å²) in [5.41, 5.74) is 3.61. The Labute approximate surface area is 144 Å². The second-order valence-electron chi connectivity index (χ2n) is 5.65. The van der Waals surface area contributed by atoms with Gasteiger partial charge in [0.2, 0.25) is 0 Å². The van der Waals surface area contributed by atoms with Gasteiger partial charge in [-0.15, -0.1) is 11.3 Å². The summed E-state index contributed by atoms with van der Waals surface area (Å²) in [6, 6.07) is 13.8. The number of aromatic nitrogens is 1. The first-order valence-corrected chi connectivity index (χ1v) is 8.41. The van der Waals surface area contributed by atoms with E-state index in [1.165, 1.54) is 23.5 Å². The van der Waals surface area contributed by atoms with Crippen molar-refractivity contribution in [1.82, 2.24) is 4.98 Å². The maximum Gasteiger partial charge on any atom is 0.257 e. The number of carbonyl (C=O) groups excluding carboxylic acids is 1. The molecule has 0 saturated carbocycles. The van der Waals surface area contributed by atoms with Gasteiger partial charge in [0, 0.05) is 16.9 Å². The third-order valence-electron chi connectivity index (χ3n) is 3.70. The summed E-state index contributed by atoms with van der Waals surface area (Å²) in [6.45, 7) is 3.89. The van der Waals surface area contributed by atoms with E-state index in [1.54, 1.807) is 24.3 Å². The number of thiazole rings is 1. The van der Waals surface area contributed by atoms with E-state index in [2.05, 4.69) is 10.3 Å². The number of carbonyl (C=O) groups is 1. The van der Waals surface area contributed by atoms with Crippen LogP contribution in [0.1, 0.15) is 32.1 Å². The highest BCUT2D eigenvalue weighted by atomic mass is 32.1. The monoisotopic (exact) mass is 340 g/mol. The lowest BCUT2D eigenvalue weighted by molar-refractivity contribution is 0.102. The molecule has 24 heavy (non-hydrogen) atoms. The van der Waals surface area contributed by atoms with Crippen molar-refractivity contribution in [3.8, 4) is 0 Å². The van der Waals surface area contributed by atoms with E-state index in [0.29, 0.717) is 17.1 Å². The van der Waals surface area contributed by atoms with Crippen LogP contribution in [0.5, 0.6) is 0 Å². The first-order chi connectivity index (χ1) is 11.5. The van der Waals surface area contributed by atoms with Gasteiger partial charge in [0.25, 0.3) is 5.91 Å². The van der Waals surface area contributed by atoms with Crippen LogP contribution in [0, 0.1) is 19.7 Å². The molecule has 1 N–H and O–H groups in total. The minimum Gasteiger partial charge on any atom is -0.298 e. The van der Waals surface area contributed by atoms with Crippen molar-refractivity contribution < 1.29 is 9.18 Å². The lowest BCUT2D eigenvalue weighted by Gasteiger charge is -2.02. The molecular weight excluding hydrogens is 323 g/mol. The molecular formula is C19H17FN2OS. The van der Waals surface area contributed by atoms with E-state index >= 15 is 0 Å². The van der Waals surface area contributed by atoms with Gasteiger partial charge in [0.1, 0.15) is 5.82 Å². The topological polar surface area (TPSA) is 42.0 Å². The molecule has 1 amide bonds. The summed E-state index contributed by atoms with van der Waals surface area (Å²) in [5, 5.41) is 3.42. The summed E-state index contributed by atoms with van der Waals surface area (Å²) in [6.07, 6.45) is 0.671. The number of rotatable bonds is 4. The van der Waals surface area contributed by atoms with Crippen LogP contribution >= 0.6 is 11.3 Å². The van der Waals surface area contributed by atoms with Gasteiger partial charge in [0.05, 0.1) is 5.69 Å². The molecule has 3 rings (SSSR count). The Bertz CT molecular complexity index is 854. The van der Waals surface area contributed by atoms with Crippen molar-refractivity contribution in [2.45, 2.75) is 20.3 Å². The molecule has 0 fully saturated rings. The second-order valence-corrected chi connectivity index (χ2v) is 6.73. The molecule has 0 radical (unpaired) electrons. The molecule has 3 aromatic rings. The molecule has 0 atom stereocenters. The summed E-state index contributed by atoms with van der Waals surface area (Å²) in [5.74, 6) is -0.414. The van der Waals surface area contributed by atoms with Crippen LogP contribution in [0.3, 0.4) is 0 Å². The Morgan fingerprint density at radius 1 is 1.08 bits per heavy atom. The summed E-state index contributed by atoms with van der Waals surface area (Å²) in [7, 11) is 0. The van der Waals surface area contributed by atoms with Gasteiger partial charge in [-0.05, 0) is 43.7 Å². The predicted molar refractivity (Wildman–Crippen MR) is 95.2 cm³/mol. The number of hydrogen-bond donors (Lipinski definition) is 1. The number of aryl methyl sites for hydroxylation is 2. The molecule has 122 valence electrons. The molecule has 1 aromatic heterocycles.